The molecule has 0 aromatic heterocycles. The lowest BCUT2D eigenvalue weighted by molar-refractivity contribution is -0.139. The summed E-state index contributed by atoms with van der Waals surface area (Å²) in [5.41, 5.74) is 5.30. The number of likely N-dealkylation sites (tertiary alicyclic amines) is 1. The van der Waals surface area contributed by atoms with E-state index in [9.17, 15) is 4.79 Å². The van der Waals surface area contributed by atoms with Crippen molar-refractivity contribution in [3.63, 3.8) is 0 Å². The van der Waals surface area contributed by atoms with Gasteiger partial charge in [-0.15, -0.1) is 0 Å². The highest BCUT2D eigenvalue weighted by Gasteiger charge is 2.30. The standard InChI is InChI=1S/C18H27NO2/c1-12-9-13(2)18(14(3)10-12)15(4)19-8-6-5-7-16(19)11-17(20)21/h9-10,15-16H,5-8,11H2,1-4H3,(H,20,21). The molecule has 0 bridgehead atoms. The van der Waals surface area contributed by atoms with Gasteiger partial charge in [-0.05, 0) is 63.8 Å². The number of carbonyl (C=O) groups is 1. The molecule has 3 heteroatoms. The summed E-state index contributed by atoms with van der Waals surface area (Å²) in [6.07, 6.45) is 3.58. The highest BCUT2D eigenvalue weighted by atomic mass is 16.4. The van der Waals surface area contributed by atoms with Crippen molar-refractivity contribution in [2.75, 3.05) is 6.54 Å². The number of aliphatic carboxylic acids is 1. The minimum atomic E-state index is -0.684. The number of nitrogens with zero attached hydrogens (tertiary/aromatic N) is 1. The molecule has 0 amide bonds. The Morgan fingerprint density at radius 1 is 1.29 bits per heavy atom. The van der Waals surface area contributed by atoms with Gasteiger partial charge < -0.3 is 5.11 Å². The Labute approximate surface area is 128 Å². The molecule has 1 aliphatic rings. The zero-order valence-corrected chi connectivity index (χ0v) is 13.6. The molecule has 1 aliphatic heterocycles. The smallest absolute Gasteiger partial charge is 0.304 e. The Hall–Kier alpha value is -1.35. The Kier molecular flexibility index (Phi) is 5.04. The Morgan fingerprint density at radius 3 is 2.48 bits per heavy atom. The molecule has 1 fully saturated rings. The summed E-state index contributed by atoms with van der Waals surface area (Å²) in [5, 5.41) is 9.15. The lowest BCUT2D eigenvalue weighted by Crippen LogP contribution is -2.42. The third-order valence-corrected chi connectivity index (χ3v) is 4.74. The summed E-state index contributed by atoms with van der Waals surface area (Å²) in [5.74, 6) is -0.684. The Balaban J connectivity index is 2.28. The average Bonchev–Trinajstić information content (AvgIpc) is 2.37. The highest BCUT2D eigenvalue weighted by molar-refractivity contribution is 5.67. The molecule has 3 nitrogen and oxygen atoms in total. The molecule has 2 atom stereocenters. The number of benzene rings is 1. The first-order valence-corrected chi connectivity index (χ1v) is 7.95. The fraction of sp³-hybridized carbons (Fsp3) is 0.611. The van der Waals surface area contributed by atoms with Gasteiger partial charge >= 0.3 is 5.97 Å². The van der Waals surface area contributed by atoms with E-state index in [0.29, 0.717) is 0 Å². The number of hydrogen-bond donors (Lipinski definition) is 1. The maximum atomic E-state index is 11.1. The number of rotatable bonds is 4. The van der Waals surface area contributed by atoms with E-state index in [-0.39, 0.29) is 18.5 Å². The topological polar surface area (TPSA) is 40.5 Å². The lowest BCUT2D eigenvalue weighted by Gasteiger charge is -2.40. The van der Waals surface area contributed by atoms with E-state index in [2.05, 4.69) is 44.7 Å². The maximum Gasteiger partial charge on any atom is 0.304 e. The van der Waals surface area contributed by atoms with Crippen LogP contribution in [-0.4, -0.2) is 28.6 Å². The van der Waals surface area contributed by atoms with Crippen LogP contribution in [0.2, 0.25) is 0 Å². The van der Waals surface area contributed by atoms with Gasteiger partial charge in [0.25, 0.3) is 0 Å². The van der Waals surface area contributed by atoms with Crippen LogP contribution >= 0.6 is 0 Å². The molecule has 0 spiro atoms. The van der Waals surface area contributed by atoms with Gasteiger partial charge in [-0.3, -0.25) is 9.69 Å². The molecule has 1 saturated heterocycles. The first-order chi connectivity index (χ1) is 9.90. The lowest BCUT2D eigenvalue weighted by atomic mass is 9.90. The van der Waals surface area contributed by atoms with Crippen LogP contribution in [0.15, 0.2) is 12.1 Å². The quantitative estimate of drug-likeness (QED) is 0.910. The van der Waals surface area contributed by atoms with E-state index in [4.69, 9.17) is 5.11 Å². The first-order valence-electron chi connectivity index (χ1n) is 7.95. The second-order valence-corrected chi connectivity index (χ2v) is 6.47. The van der Waals surface area contributed by atoms with Gasteiger partial charge in [-0.1, -0.05) is 24.1 Å². The Morgan fingerprint density at radius 2 is 1.90 bits per heavy atom. The number of carboxylic acids is 1. The second-order valence-electron chi connectivity index (χ2n) is 6.47. The van der Waals surface area contributed by atoms with Crippen molar-refractivity contribution >= 4 is 5.97 Å². The van der Waals surface area contributed by atoms with Crippen molar-refractivity contribution in [2.45, 2.75) is 65.5 Å². The van der Waals surface area contributed by atoms with Crippen molar-refractivity contribution in [3.8, 4) is 0 Å². The van der Waals surface area contributed by atoms with Crippen molar-refractivity contribution < 1.29 is 9.90 Å². The van der Waals surface area contributed by atoms with Crippen LogP contribution in [0.5, 0.6) is 0 Å². The third-order valence-electron chi connectivity index (χ3n) is 4.74. The predicted molar refractivity (Wildman–Crippen MR) is 85.7 cm³/mol. The molecule has 1 N–H and O–H groups in total. The van der Waals surface area contributed by atoms with Crippen LogP contribution in [0.1, 0.15) is 60.9 Å². The molecule has 116 valence electrons. The van der Waals surface area contributed by atoms with Crippen molar-refractivity contribution in [1.29, 1.82) is 0 Å². The molecule has 0 aliphatic carbocycles. The molecule has 1 aromatic rings. The minimum Gasteiger partial charge on any atom is -0.481 e. The van der Waals surface area contributed by atoms with Gasteiger partial charge in [-0.2, -0.15) is 0 Å². The number of aryl methyl sites for hydroxylation is 3. The van der Waals surface area contributed by atoms with Crippen LogP contribution in [0, 0.1) is 20.8 Å². The van der Waals surface area contributed by atoms with E-state index >= 15 is 0 Å². The van der Waals surface area contributed by atoms with Crippen LogP contribution in [0.25, 0.3) is 0 Å². The highest BCUT2D eigenvalue weighted by Crippen LogP contribution is 2.33. The van der Waals surface area contributed by atoms with Gasteiger partial charge in [0.1, 0.15) is 0 Å². The molecule has 1 heterocycles. The third kappa shape index (κ3) is 3.65. The fourth-order valence-corrected chi connectivity index (χ4v) is 3.97. The van der Waals surface area contributed by atoms with E-state index in [1.807, 2.05) is 0 Å². The largest absolute Gasteiger partial charge is 0.481 e. The van der Waals surface area contributed by atoms with E-state index < -0.39 is 5.97 Å². The average molecular weight is 289 g/mol. The number of hydrogen-bond acceptors (Lipinski definition) is 2. The molecule has 0 saturated carbocycles. The fourth-order valence-electron chi connectivity index (χ4n) is 3.97. The van der Waals surface area contributed by atoms with Crippen molar-refractivity contribution in [3.05, 3.63) is 34.4 Å². The zero-order chi connectivity index (χ0) is 15.6. The van der Waals surface area contributed by atoms with Crippen molar-refractivity contribution in [2.24, 2.45) is 0 Å². The number of piperidine rings is 1. The van der Waals surface area contributed by atoms with Crippen LogP contribution in [-0.2, 0) is 4.79 Å². The molecule has 2 unspecified atom stereocenters. The van der Waals surface area contributed by atoms with Gasteiger partial charge in [0.15, 0.2) is 0 Å². The van der Waals surface area contributed by atoms with Gasteiger partial charge in [0, 0.05) is 12.1 Å². The van der Waals surface area contributed by atoms with E-state index in [1.54, 1.807) is 0 Å². The monoisotopic (exact) mass is 289 g/mol. The van der Waals surface area contributed by atoms with E-state index in [0.717, 1.165) is 19.4 Å². The number of carboxylic acid groups (broad SMARTS) is 1. The zero-order valence-electron chi connectivity index (χ0n) is 13.6. The van der Waals surface area contributed by atoms with Crippen LogP contribution in [0.3, 0.4) is 0 Å². The minimum absolute atomic E-state index is 0.173. The van der Waals surface area contributed by atoms with Crippen LogP contribution < -0.4 is 0 Å². The summed E-state index contributed by atoms with van der Waals surface area (Å²) >= 11 is 0. The first kappa shape index (κ1) is 16.0. The molecular weight excluding hydrogens is 262 g/mol. The molecular formula is C18H27NO2. The second kappa shape index (κ2) is 6.61. The predicted octanol–water partition coefficient (Wildman–Crippen LogP) is 4.00. The SMILES string of the molecule is Cc1cc(C)c(C(C)N2CCCCC2CC(=O)O)c(C)c1. The summed E-state index contributed by atoms with van der Waals surface area (Å²) in [6.45, 7) is 9.70. The Bertz CT molecular complexity index is 501. The maximum absolute atomic E-state index is 11.1. The van der Waals surface area contributed by atoms with Crippen molar-refractivity contribution in [1.82, 2.24) is 4.90 Å². The van der Waals surface area contributed by atoms with Gasteiger partial charge in [-0.25, -0.2) is 0 Å². The summed E-state index contributed by atoms with van der Waals surface area (Å²) < 4.78 is 0. The normalized spacial score (nSPS) is 21.2. The van der Waals surface area contributed by atoms with Gasteiger partial charge in [0.05, 0.1) is 6.42 Å². The summed E-state index contributed by atoms with van der Waals surface area (Å²) in [6, 6.07) is 4.92. The van der Waals surface area contributed by atoms with Gasteiger partial charge in [0.2, 0.25) is 0 Å². The summed E-state index contributed by atoms with van der Waals surface area (Å²) in [7, 11) is 0. The summed E-state index contributed by atoms with van der Waals surface area (Å²) in [4.78, 5) is 13.5. The van der Waals surface area contributed by atoms with Crippen LogP contribution in [0.4, 0.5) is 0 Å². The molecule has 21 heavy (non-hydrogen) atoms. The molecule has 0 radical (unpaired) electrons. The molecule has 2 rings (SSSR count). The molecule has 1 aromatic carbocycles. The van der Waals surface area contributed by atoms with E-state index in [1.165, 1.54) is 28.7 Å².